The number of hydrogen-bond donors (Lipinski definition) is 3. The summed E-state index contributed by atoms with van der Waals surface area (Å²) in [5, 5.41) is 22.1. The van der Waals surface area contributed by atoms with Crippen LogP contribution in [0.15, 0.2) is 18.2 Å². The Labute approximate surface area is 96.1 Å². The van der Waals surface area contributed by atoms with Gasteiger partial charge < -0.3 is 15.5 Å². The maximum atomic E-state index is 9.51. The third-order valence-electron chi connectivity index (χ3n) is 3.10. The van der Waals surface area contributed by atoms with Crippen molar-refractivity contribution >= 4 is 0 Å². The fourth-order valence-corrected chi connectivity index (χ4v) is 2.31. The van der Waals surface area contributed by atoms with Crippen LogP contribution in [0.1, 0.15) is 36.9 Å². The molecule has 3 N–H and O–H groups in total. The minimum absolute atomic E-state index is 0.269. The standard InChI is InChI=1S/C13H19NO2/c1-9(15)8-14-13-4-2-3-10-5-6-11(16)7-12(10)13/h5-7,9,13-16H,2-4,8H2,1H3. The molecule has 2 atom stereocenters. The molecular formula is C13H19NO2. The van der Waals surface area contributed by atoms with Crippen molar-refractivity contribution in [1.29, 1.82) is 0 Å². The van der Waals surface area contributed by atoms with E-state index in [4.69, 9.17) is 0 Å². The van der Waals surface area contributed by atoms with Crippen molar-refractivity contribution in [3.63, 3.8) is 0 Å². The van der Waals surface area contributed by atoms with Crippen molar-refractivity contribution < 1.29 is 10.2 Å². The van der Waals surface area contributed by atoms with Crippen molar-refractivity contribution in [3.8, 4) is 5.75 Å². The van der Waals surface area contributed by atoms with Crippen LogP contribution in [0.5, 0.6) is 5.75 Å². The molecule has 0 spiro atoms. The molecule has 0 fully saturated rings. The van der Waals surface area contributed by atoms with Gasteiger partial charge in [-0.2, -0.15) is 0 Å². The molecule has 0 bridgehead atoms. The summed E-state index contributed by atoms with van der Waals surface area (Å²) in [5.74, 6) is 0.324. The number of phenolic OH excluding ortho intramolecular Hbond substituents is 1. The van der Waals surface area contributed by atoms with Crippen molar-refractivity contribution in [1.82, 2.24) is 5.32 Å². The first-order chi connectivity index (χ1) is 7.66. The van der Waals surface area contributed by atoms with Crippen LogP contribution in [-0.4, -0.2) is 22.9 Å². The van der Waals surface area contributed by atoms with Gasteiger partial charge in [0.25, 0.3) is 0 Å². The zero-order chi connectivity index (χ0) is 11.5. The molecule has 0 heterocycles. The predicted octanol–water partition coefficient (Wildman–Crippen LogP) is 1.74. The molecule has 3 heteroatoms. The van der Waals surface area contributed by atoms with Gasteiger partial charge in [-0.15, -0.1) is 0 Å². The van der Waals surface area contributed by atoms with Gasteiger partial charge >= 0.3 is 0 Å². The lowest BCUT2D eigenvalue weighted by atomic mass is 9.87. The van der Waals surface area contributed by atoms with Crippen LogP contribution < -0.4 is 5.32 Å². The van der Waals surface area contributed by atoms with E-state index in [1.165, 1.54) is 11.1 Å². The number of aryl methyl sites for hydroxylation is 1. The van der Waals surface area contributed by atoms with Gasteiger partial charge in [-0.3, -0.25) is 0 Å². The highest BCUT2D eigenvalue weighted by atomic mass is 16.3. The van der Waals surface area contributed by atoms with E-state index >= 15 is 0 Å². The van der Waals surface area contributed by atoms with Crippen LogP contribution in [-0.2, 0) is 6.42 Å². The highest BCUT2D eigenvalue weighted by Gasteiger charge is 2.20. The van der Waals surface area contributed by atoms with E-state index in [-0.39, 0.29) is 12.1 Å². The van der Waals surface area contributed by atoms with E-state index in [9.17, 15) is 10.2 Å². The minimum atomic E-state index is -0.331. The number of phenols is 1. The molecule has 88 valence electrons. The van der Waals surface area contributed by atoms with E-state index in [1.54, 1.807) is 13.0 Å². The van der Waals surface area contributed by atoms with Crippen molar-refractivity contribution in [3.05, 3.63) is 29.3 Å². The largest absolute Gasteiger partial charge is 0.508 e. The van der Waals surface area contributed by atoms with Gasteiger partial charge in [0.05, 0.1) is 6.10 Å². The molecule has 1 aliphatic rings. The number of rotatable bonds is 3. The van der Waals surface area contributed by atoms with Gasteiger partial charge in [0.15, 0.2) is 0 Å². The first-order valence-electron chi connectivity index (χ1n) is 5.90. The zero-order valence-corrected chi connectivity index (χ0v) is 9.61. The number of hydrogen-bond acceptors (Lipinski definition) is 3. The Bertz CT molecular complexity index is 363. The fraction of sp³-hybridized carbons (Fsp3) is 0.538. The fourth-order valence-electron chi connectivity index (χ4n) is 2.31. The Morgan fingerprint density at radius 1 is 1.50 bits per heavy atom. The minimum Gasteiger partial charge on any atom is -0.508 e. The van der Waals surface area contributed by atoms with E-state index in [2.05, 4.69) is 5.32 Å². The molecule has 16 heavy (non-hydrogen) atoms. The van der Waals surface area contributed by atoms with E-state index < -0.39 is 0 Å². The normalized spacial score (nSPS) is 21.5. The van der Waals surface area contributed by atoms with Gasteiger partial charge in [-0.1, -0.05) is 6.07 Å². The first kappa shape index (κ1) is 11.4. The van der Waals surface area contributed by atoms with Gasteiger partial charge in [0, 0.05) is 12.6 Å². The lowest BCUT2D eigenvalue weighted by Gasteiger charge is -2.27. The average molecular weight is 221 g/mol. The summed E-state index contributed by atoms with van der Waals surface area (Å²) in [5.41, 5.74) is 2.50. The maximum absolute atomic E-state index is 9.51. The SMILES string of the molecule is CC(O)CNC1CCCc2ccc(O)cc21. The first-order valence-corrected chi connectivity index (χ1v) is 5.90. The highest BCUT2D eigenvalue weighted by Crippen LogP contribution is 2.31. The summed E-state index contributed by atoms with van der Waals surface area (Å²) >= 11 is 0. The van der Waals surface area contributed by atoms with E-state index in [1.807, 2.05) is 12.1 Å². The molecule has 1 aromatic rings. The Kier molecular flexibility index (Phi) is 3.46. The zero-order valence-electron chi connectivity index (χ0n) is 9.61. The van der Waals surface area contributed by atoms with Crippen LogP contribution in [0.3, 0.4) is 0 Å². The molecule has 1 aliphatic carbocycles. The lowest BCUT2D eigenvalue weighted by Crippen LogP contribution is -2.30. The molecule has 3 nitrogen and oxygen atoms in total. The van der Waals surface area contributed by atoms with Gasteiger partial charge in [-0.25, -0.2) is 0 Å². The van der Waals surface area contributed by atoms with Gasteiger partial charge in [0.1, 0.15) is 5.75 Å². The van der Waals surface area contributed by atoms with Crippen molar-refractivity contribution in [2.75, 3.05) is 6.54 Å². The third kappa shape index (κ3) is 2.54. The van der Waals surface area contributed by atoms with Gasteiger partial charge in [-0.05, 0) is 49.4 Å². The quantitative estimate of drug-likeness (QED) is 0.728. The number of aliphatic hydroxyl groups excluding tert-OH is 1. The summed E-state index contributed by atoms with van der Waals surface area (Å²) < 4.78 is 0. The predicted molar refractivity (Wildman–Crippen MR) is 63.5 cm³/mol. The lowest BCUT2D eigenvalue weighted by molar-refractivity contribution is 0.184. The van der Waals surface area contributed by atoms with Crippen LogP contribution in [0, 0.1) is 0 Å². The van der Waals surface area contributed by atoms with Crippen LogP contribution in [0.2, 0.25) is 0 Å². The number of aliphatic hydroxyl groups is 1. The molecular weight excluding hydrogens is 202 g/mol. The Balaban J connectivity index is 2.15. The Morgan fingerprint density at radius 3 is 3.06 bits per heavy atom. The number of nitrogens with one attached hydrogen (secondary N) is 1. The molecule has 0 aromatic heterocycles. The second-order valence-corrected chi connectivity index (χ2v) is 4.59. The van der Waals surface area contributed by atoms with Crippen molar-refractivity contribution in [2.24, 2.45) is 0 Å². The number of aromatic hydroxyl groups is 1. The monoisotopic (exact) mass is 221 g/mol. The van der Waals surface area contributed by atoms with Crippen LogP contribution in [0.25, 0.3) is 0 Å². The maximum Gasteiger partial charge on any atom is 0.115 e. The molecule has 0 saturated heterocycles. The number of benzene rings is 1. The highest BCUT2D eigenvalue weighted by molar-refractivity contribution is 5.38. The van der Waals surface area contributed by atoms with Crippen LogP contribution >= 0.6 is 0 Å². The molecule has 2 rings (SSSR count). The smallest absolute Gasteiger partial charge is 0.115 e. The molecule has 0 radical (unpaired) electrons. The summed E-state index contributed by atoms with van der Waals surface area (Å²) in [6.45, 7) is 2.37. The van der Waals surface area contributed by atoms with Crippen LogP contribution in [0.4, 0.5) is 0 Å². The third-order valence-corrected chi connectivity index (χ3v) is 3.10. The second kappa shape index (κ2) is 4.85. The Hall–Kier alpha value is -1.06. The van der Waals surface area contributed by atoms with E-state index in [0.29, 0.717) is 12.3 Å². The molecule has 1 aromatic carbocycles. The van der Waals surface area contributed by atoms with E-state index in [0.717, 1.165) is 19.3 Å². The summed E-state index contributed by atoms with van der Waals surface area (Å²) in [6, 6.07) is 5.86. The Morgan fingerprint density at radius 2 is 2.31 bits per heavy atom. The van der Waals surface area contributed by atoms with Crippen molar-refractivity contribution in [2.45, 2.75) is 38.3 Å². The molecule has 0 amide bonds. The number of fused-ring (bicyclic) bond motifs is 1. The topological polar surface area (TPSA) is 52.5 Å². The summed E-state index contributed by atoms with van der Waals surface area (Å²) in [4.78, 5) is 0. The summed E-state index contributed by atoms with van der Waals surface area (Å²) in [6.07, 6.45) is 2.99. The molecule has 0 aliphatic heterocycles. The summed E-state index contributed by atoms with van der Waals surface area (Å²) in [7, 11) is 0. The second-order valence-electron chi connectivity index (χ2n) is 4.59. The molecule has 0 saturated carbocycles. The average Bonchev–Trinajstić information content (AvgIpc) is 2.26. The molecule has 2 unspecified atom stereocenters. The van der Waals surface area contributed by atoms with Gasteiger partial charge in [0.2, 0.25) is 0 Å².